The molecular formula is C10H12BrF3N2O2. The van der Waals surface area contributed by atoms with E-state index < -0.39 is 36.3 Å². The van der Waals surface area contributed by atoms with Gasteiger partial charge in [0, 0.05) is 10.7 Å². The molecule has 0 fully saturated rings. The summed E-state index contributed by atoms with van der Waals surface area (Å²) in [6, 6.07) is 0.879. The number of pyridine rings is 1. The van der Waals surface area contributed by atoms with Crippen molar-refractivity contribution in [2.24, 2.45) is 0 Å². The largest absolute Gasteiger partial charge is 0.419 e. The lowest BCUT2D eigenvalue weighted by Gasteiger charge is -2.28. The second-order valence-corrected chi connectivity index (χ2v) is 4.97. The minimum Gasteiger partial charge on any atom is -0.394 e. The molecule has 0 bridgehead atoms. The Morgan fingerprint density at radius 2 is 1.89 bits per heavy atom. The van der Waals surface area contributed by atoms with Gasteiger partial charge in [-0.2, -0.15) is 13.2 Å². The summed E-state index contributed by atoms with van der Waals surface area (Å²) in [6.45, 7) is 0.327. The van der Waals surface area contributed by atoms with E-state index in [4.69, 9.17) is 10.2 Å². The van der Waals surface area contributed by atoms with Gasteiger partial charge in [-0.1, -0.05) is 0 Å². The van der Waals surface area contributed by atoms with Gasteiger partial charge < -0.3 is 15.5 Å². The van der Waals surface area contributed by atoms with Gasteiger partial charge in [0.15, 0.2) is 0 Å². The summed E-state index contributed by atoms with van der Waals surface area (Å²) in [5.74, 6) is -0.434. The molecule has 4 nitrogen and oxygen atoms in total. The van der Waals surface area contributed by atoms with E-state index in [2.05, 4.69) is 26.2 Å². The maximum absolute atomic E-state index is 12.8. The van der Waals surface area contributed by atoms with Crippen molar-refractivity contribution in [1.29, 1.82) is 0 Å². The van der Waals surface area contributed by atoms with E-state index in [1.807, 2.05) is 0 Å². The number of hydrogen-bond acceptors (Lipinski definition) is 4. The minimum atomic E-state index is -4.58. The van der Waals surface area contributed by atoms with E-state index in [-0.39, 0.29) is 4.47 Å². The van der Waals surface area contributed by atoms with Crippen molar-refractivity contribution in [3.05, 3.63) is 22.3 Å². The van der Waals surface area contributed by atoms with Crippen molar-refractivity contribution in [3.8, 4) is 0 Å². The lowest BCUT2D eigenvalue weighted by atomic mass is 10.1. The number of aliphatic hydroxyl groups is 2. The first-order chi connectivity index (χ1) is 8.22. The summed E-state index contributed by atoms with van der Waals surface area (Å²) < 4.78 is 38.5. The second-order valence-electron chi connectivity index (χ2n) is 4.05. The molecule has 0 radical (unpaired) electrons. The SMILES string of the molecule is CC(CO)(CO)Nc1ncc(Br)cc1C(F)(F)F. The lowest BCUT2D eigenvalue weighted by Crippen LogP contribution is -2.43. The van der Waals surface area contributed by atoms with Crippen LogP contribution in [0.2, 0.25) is 0 Å². The van der Waals surface area contributed by atoms with Crippen molar-refractivity contribution in [2.45, 2.75) is 18.6 Å². The van der Waals surface area contributed by atoms with E-state index in [1.165, 1.54) is 13.1 Å². The molecule has 102 valence electrons. The average Bonchev–Trinajstić information content (AvgIpc) is 2.30. The topological polar surface area (TPSA) is 65.4 Å². The molecule has 0 amide bonds. The molecule has 0 saturated heterocycles. The number of halogens is 4. The standard InChI is InChI=1S/C10H12BrF3N2O2/c1-9(4-17,5-18)16-8-7(10(12,13)14)2-6(11)3-15-8/h2-3,17-18H,4-5H2,1H3,(H,15,16). The fourth-order valence-electron chi connectivity index (χ4n) is 1.17. The molecule has 0 atom stereocenters. The molecule has 0 aliphatic carbocycles. The maximum Gasteiger partial charge on any atom is 0.419 e. The molecule has 0 spiro atoms. The predicted molar refractivity (Wildman–Crippen MR) is 63.1 cm³/mol. The molecular weight excluding hydrogens is 317 g/mol. The summed E-state index contributed by atoms with van der Waals surface area (Å²) in [5.41, 5.74) is -2.24. The second kappa shape index (κ2) is 5.41. The molecule has 3 N–H and O–H groups in total. The number of aliphatic hydroxyl groups excluding tert-OH is 2. The van der Waals surface area contributed by atoms with Crippen molar-refractivity contribution < 1.29 is 23.4 Å². The van der Waals surface area contributed by atoms with Gasteiger partial charge in [-0.3, -0.25) is 0 Å². The number of hydrogen-bond donors (Lipinski definition) is 3. The van der Waals surface area contributed by atoms with Crippen molar-refractivity contribution >= 4 is 21.7 Å². The summed E-state index contributed by atoms with van der Waals surface area (Å²) in [5, 5.41) is 20.5. The van der Waals surface area contributed by atoms with E-state index in [0.29, 0.717) is 0 Å². The highest BCUT2D eigenvalue weighted by molar-refractivity contribution is 9.10. The molecule has 18 heavy (non-hydrogen) atoms. The minimum absolute atomic E-state index is 0.190. The van der Waals surface area contributed by atoms with Crippen LogP contribution in [0.1, 0.15) is 12.5 Å². The van der Waals surface area contributed by atoms with Gasteiger partial charge in [0.1, 0.15) is 5.82 Å². The van der Waals surface area contributed by atoms with Crippen LogP contribution in [0.3, 0.4) is 0 Å². The molecule has 1 rings (SSSR count). The highest BCUT2D eigenvalue weighted by Gasteiger charge is 2.36. The zero-order chi connectivity index (χ0) is 14.0. The Hall–Kier alpha value is -0.860. The Balaban J connectivity index is 3.17. The lowest BCUT2D eigenvalue weighted by molar-refractivity contribution is -0.137. The number of nitrogens with one attached hydrogen (secondary N) is 1. The van der Waals surface area contributed by atoms with Gasteiger partial charge in [-0.25, -0.2) is 4.98 Å². The first kappa shape index (κ1) is 15.2. The molecule has 0 aromatic carbocycles. The first-order valence-electron chi connectivity index (χ1n) is 4.94. The van der Waals surface area contributed by atoms with Crippen molar-refractivity contribution in [3.63, 3.8) is 0 Å². The predicted octanol–water partition coefficient (Wildman–Crippen LogP) is 2.02. The quantitative estimate of drug-likeness (QED) is 0.791. The average molecular weight is 329 g/mol. The summed E-state index contributed by atoms with van der Waals surface area (Å²) in [7, 11) is 0. The smallest absolute Gasteiger partial charge is 0.394 e. The van der Waals surface area contributed by atoms with Gasteiger partial charge in [0.25, 0.3) is 0 Å². The third kappa shape index (κ3) is 3.56. The van der Waals surface area contributed by atoms with Crippen LogP contribution >= 0.6 is 15.9 Å². The Morgan fingerprint density at radius 1 is 1.33 bits per heavy atom. The van der Waals surface area contributed by atoms with Gasteiger partial charge in [-0.15, -0.1) is 0 Å². The zero-order valence-corrected chi connectivity index (χ0v) is 11.0. The van der Waals surface area contributed by atoms with Gasteiger partial charge in [0.2, 0.25) is 0 Å². The molecule has 8 heteroatoms. The molecule has 1 heterocycles. The van der Waals surface area contributed by atoms with Crippen LogP contribution in [0.4, 0.5) is 19.0 Å². The van der Waals surface area contributed by atoms with Crippen molar-refractivity contribution in [2.75, 3.05) is 18.5 Å². The maximum atomic E-state index is 12.8. The van der Waals surface area contributed by atoms with Crippen LogP contribution in [0.5, 0.6) is 0 Å². The third-order valence-electron chi connectivity index (χ3n) is 2.28. The molecule has 0 unspecified atom stereocenters. The first-order valence-corrected chi connectivity index (χ1v) is 5.74. The van der Waals surface area contributed by atoms with Gasteiger partial charge in [-0.05, 0) is 28.9 Å². The summed E-state index contributed by atoms with van der Waals surface area (Å²) in [6.07, 6.45) is -3.38. The van der Waals surface area contributed by atoms with E-state index in [0.717, 1.165) is 6.07 Å². The molecule has 1 aromatic rings. The number of anilines is 1. The zero-order valence-electron chi connectivity index (χ0n) is 9.42. The van der Waals surface area contributed by atoms with Crippen LogP contribution < -0.4 is 5.32 Å². The highest BCUT2D eigenvalue weighted by atomic mass is 79.9. The molecule has 0 aliphatic rings. The van der Waals surface area contributed by atoms with Crippen molar-refractivity contribution in [1.82, 2.24) is 4.98 Å². The Kier molecular flexibility index (Phi) is 4.57. The highest BCUT2D eigenvalue weighted by Crippen LogP contribution is 2.36. The monoisotopic (exact) mass is 328 g/mol. The molecule has 1 aromatic heterocycles. The number of aromatic nitrogens is 1. The number of rotatable bonds is 4. The van der Waals surface area contributed by atoms with E-state index in [9.17, 15) is 13.2 Å². The number of nitrogens with zero attached hydrogens (tertiary/aromatic N) is 1. The molecule has 0 aliphatic heterocycles. The Morgan fingerprint density at radius 3 is 2.33 bits per heavy atom. The Labute approximate surface area is 110 Å². The van der Waals surface area contributed by atoms with Gasteiger partial charge in [0.05, 0.1) is 24.3 Å². The van der Waals surface area contributed by atoms with Crippen LogP contribution in [0, 0.1) is 0 Å². The Bertz CT molecular complexity index is 422. The fraction of sp³-hybridized carbons (Fsp3) is 0.500. The van der Waals surface area contributed by atoms with Crippen LogP contribution in [-0.2, 0) is 6.18 Å². The fourth-order valence-corrected chi connectivity index (χ4v) is 1.50. The number of alkyl halides is 3. The third-order valence-corrected chi connectivity index (χ3v) is 2.71. The normalized spacial score (nSPS) is 12.6. The molecule has 0 saturated carbocycles. The van der Waals surface area contributed by atoms with Crippen LogP contribution in [0.25, 0.3) is 0 Å². The van der Waals surface area contributed by atoms with Crippen LogP contribution in [-0.4, -0.2) is 33.9 Å². The summed E-state index contributed by atoms with van der Waals surface area (Å²) >= 11 is 2.91. The van der Waals surface area contributed by atoms with Gasteiger partial charge >= 0.3 is 6.18 Å². The summed E-state index contributed by atoms with van der Waals surface area (Å²) in [4.78, 5) is 3.63. The van der Waals surface area contributed by atoms with E-state index in [1.54, 1.807) is 0 Å². The van der Waals surface area contributed by atoms with Crippen LogP contribution in [0.15, 0.2) is 16.7 Å². The van der Waals surface area contributed by atoms with E-state index >= 15 is 0 Å².